The predicted octanol–water partition coefficient (Wildman–Crippen LogP) is 4.31. The van der Waals surface area contributed by atoms with Gasteiger partial charge in [-0.25, -0.2) is 19.3 Å². The second kappa shape index (κ2) is 8.61. The van der Waals surface area contributed by atoms with E-state index in [1.807, 2.05) is 22.9 Å². The third kappa shape index (κ3) is 3.81. The monoisotopic (exact) mass is 481 g/mol. The number of rotatable bonds is 5. The van der Waals surface area contributed by atoms with Gasteiger partial charge in [0, 0.05) is 17.0 Å². The van der Waals surface area contributed by atoms with E-state index in [0.29, 0.717) is 40.5 Å². The minimum Gasteiger partial charge on any atom is -0.388 e. The van der Waals surface area contributed by atoms with Gasteiger partial charge < -0.3 is 20.5 Å². The number of nitrogens with zero attached hydrogens (tertiary/aromatic N) is 4. The fourth-order valence-corrected chi connectivity index (χ4v) is 4.85. The highest BCUT2D eigenvalue weighted by Crippen LogP contribution is 2.35. The maximum atomic E-state index is 14.6. The molecule has 176 valence electrons. The predicted molar refractivity (Wildman–Crippen MR) is 130 cm³/mol. The van der Waals surface area contributed by atoms with Gasteiger partial charge in [0.15, 0.2) is 0 Å². The minimum atomic E-state index is -1.02. The number of nitrogens with two attached hydrogens (primary N) is 1. The van der Waals surface area contributed by atoms with Crippen molar-refractivity contribution >= 4 is 39.4 Å². The molecule has 0 amide bonds. The number of halogens is 2. The normalized spacial score (nSPS) is 20.6. The Morgan fingerprint density at radius 1 is 1.15 bits per heavy atom. The first-order chi connectivity index (χ1) is 16.2. The molecule has 4 N–H and O–H groups in total. The molecule has 0 radical (unpaired) electrons. The molecular formula is C25H25ClFN5O2. The largest absolute Gasteiger partial charge is 0.388 e. The lowest BCUT2D eigenvalue weighted by atomic mass is 10.0. The molecule has 0 saturated heterocycles. The molecule has 0 aliphatic heterocycles. The number of hydrogen-bond donors (Lipinski definition) is 3. The lowest BCUT2D eigenvalue weighted by molar-refractivity contribution is 0.0317. The molecule has 0 bridgehead atoms. The van der Waals surface area contributed by atoms with Crippen molar-refractivity contribution in [3.63, 3.8) is 0 Å². The van der Waals surface area contributed by atoms with Gasteiger partial charge in [0.2, 0.25) is 0 Å². The third-order valence-corrected chi connectivity index (χ3v) is 6.78. The van der Waals surface area contributed by atoms with Crippen LogP contribution in [0.3, 0.4) is 0 Å². The Kier molecular flexibility index (Phi) is 5.75. The number of anilines is 1. The van der Waals surface area contributed by atoms with E-state index >= 15 is 0 Å². The van der Waals surface area contributed by atoms with Crippen molar-refractivity contribution in [1.82, 2.24) is 19.5 Å². The number of aliphatic hydroxyl groups excluding tert-OH is 2. The molecule has 3 heterocycles. The van der Waals surface area contributed by atoms with E-state index in [1.165, 1.54) is 18.5 Å². The highest BCUT2D eigenvalue weighted by molar-refractivity contribution is 6.33. The van der Waals surface area contributed by atoms with Gasteiger partial charge in [0.05, 0.1) is 22.3 Å². The van der Waals surface area contributed by atoms with Gasteiger partial charge in [-0.15, -0.1) is 0 Å². The topological polar surface area (TPSA) is 110 Å². The van der Waals surface area contributed by atoms with E-state index in [4.69, 9.17) is 17.3 Å². The molecule has 0 fully saturated rings. The zero-order chi connectivity index (χ0) is 24.1. The standard InChI is InChI=1S/C25H25ClFN5O2/c1-12(2)21-15-5-6-32(25(15)30-11-29-21)20-9-14(22(33)23(20)34)4-3-13-7-18(27)16-10-17(26)24(28)31-19(16)8-13/h5-12,20,22-23,33-34H,3-4H2,1-2H3,(H2,28,31)/t20?,22?,23-/m1/s1. The molecule has 0 saturated carbocycles. The Hall–Kier alpha value is -3.07. The van der Waals surface area contributed by atoms with Crippen LogP contribution in [0.2, 0.25) is 5.02 Å². The van der Waals surface area contributed by atoms with Crippen LogP contribution < -0.4 is 5.73 Å². The first-order valence-electron chi connectivity index (χ1n) is 11.2. The highest BCUT2D eigenvalue weighted by Gasteiger charge is 2.36. The number of aryl methyl sites for hydroxylation is 1. The van der Waals surface area contributed by atoms with Crippen molar-refractivity contribution in [2.24, 2.45) is 0 Å². The lowest BCUT2D eigenvalue weighted by Gasteiger charge is -2.20. The molecular weight excluding hydrogens is 457 g/mol. The Balaban J connectivity index is 1.42. The van der Waals surface area contributed by atoms with Crippen LogP contribution in [0.1, 0.15) is 43.5 Å². The third-order valence-electron chi connectivity index (χ3n) is 6.47. The first kappa shape index (κ1) is 22.7. The smallest absolute Gasteiger partial charge is 0.144 e. The molecule has 5 rings (SSSR count). The minimum absolute atomic E-state index is 0.147. The van der Waals surface area contributed by atoms with Crippen molar-refractivity contribution in [1.29, 1.82) is 0 Å². The van der Waals surface area contributed by atoms with Crippen LogP contribution in [0.4, 0.5) is 10.2 Å². The summed E-state index contributed by atoms with van der Waals surface area (Å²) in [5.41, 5.74) is 9.26. The summed E-state index contributed by atoms with van der Waals surface area (Å²) in [4.78, 5) is 13.0. The molecule has 3 aromatic heterocycles. The highest BCUT2D eigenvalue weighted by atomic mass is 35.5. The molecule has 2 unspecified atom stereocenters. The van der Waals surface area contributed by atoms with Crippen LogP contribution in [0.25, 0.3) is 21.9 Å². The summed E-state index contributed by atoms with van der Waals surface area (Å²) < 4.78 is 16.5. The number of pyridine rings is 1. The average Bonchev–Trinajstić information content (AvgIpc) is 3.34. The van der Waals surface area contributed by atoms with E-state index in [0.717, 1.165) is 11.1 Å². The summed E-state index contributed by atoms with van der Waals surface area (Å²) in [7, 11) is 0. The van der Waals surface area contributed by atoms with E-state index < -0.39 is 24.1 Å². The van der Waals surface area contributed by atoms with E-state index in [1.54, 1.807) is 6.07 Å². The summed E-state index contributed by atoms with van der Waals surface area (Å²) >= 11 is 5.97. The maximum Gasteiger partial charge on any atom is 0.144 e. The van der Waals surface area contributed by atoms with Gasteiger partial charge in [-0.3, -0.25) is 0 Å². The molecule has 34 heavy (non-hydrogen) atoms. The number of fused-ring (bicyclic) bond motifs is 2. The quantitative estimate of drug-likeness (QED) is 0.366. The van der Waals surface area contributed by atoms with Gasteiger partial charge in [-0.1, -0.05) is 31.5 Å². The van der Waals surface area contributed by atoms with E-state index in [2.05, 4.69) is 28.8 Å². The van der Waals surface area contributed by atoms with Crippen LogP contribution in [0, 0.1) is 5.82 Å². The van der Waals surface area contributed by atoms with Gasteiger partial charge in [-0.2, -0.15) is 0 Å². The summed E-state index contributed by atoms with van der Waals surface area (Å²) in [5, 5.41) is 23.0. The molecule has 1 aliphatic rings. The van der Waals surface area contributed by atoms with Crippen LogP contribution in [0.5, 0.6) is 0 Å². The molecule has 4 aromatic rings. The summed E-state index contributed by atoms with van der Waals surface area (Å²) in [6, 6.07) is 6.16. The second-order valence-corrected chi connectivity index (χ2v) is 9.45. The van der Waals surface area contributed by atoms with E-state index in [9.17, 15) is 14.6 Å². The Morgan fingerprint density at radius 2 is 1.94 bits per heavy atom. The zero-order valence-electron chi connectivity index (χ0n) is 18.8. The van der Waals surface area contributed by atoms with E-state index in [-0.39, 0.29) is 16.8 Å². The first-order valence-corrected chi connectivity index (χ1v) is 11.5. The Labute approximate surface area is 200 Å². The molecule has 0 spiro atoms. The number of hydrogen-bond acceptors (Lipinski definition) is 6. The summed E-state index contributed by atoms with van der Waals surface area (Å²) in [5.74, 6) is -0.0519. The molecule has 9 heteroatoms. The summed E-state index contributed by atoms with van der Waals surface area (Å²) in [6.07, 6.45) is 4.15. The fourth-order valence-electron chi connectivity index (χ4n) is 4.70. The van der Waals surface area contributed by atoms with Crippen molar-refractivity contribution in [3.05, 3.63) is 70.5 Å². The average molecular weight is 482 g/mol. The Morgan fingerprint density at radius 3 is 2.71 bits per heavy atom. The molecule has 1 aromatic carbocycles. The maximum absolute atomic E-state index is 14.6. The van der Waals surface area contributed by atoms with Crippen LogP contribution in [0.15, 0.2) is 48.4 Å². The fraction of sp³-hybridized carbons (Fsp3) is 0.320. The summed E-state index contributed by atoms with van der Waals surface area (Å²) in [6.45, 7) is 4.14. The number of aliphatic hydroxyl groups is 2. The van der Waals surface area contributed by atoms with Gasteiger partial charge in [0.25, 0.3) is 0 Å². The zero-order valence-corrected chi connectivity index (χ0v) is 19.5. The molecule has 1 aliphatic carbocycles. The SMILES string of the molecule is CC(C)c1ncnc2c1ccn2C1C=C(CCc2cc(F)c3cc(Cl)c(N)nc3c2)C(O)[C@@H]1O. The number of aromatic nitrogens is 4. The molecule has 7 nitrogen and oxygen atoms in total. The van der Waals surface area contributed by atoms with Crippen molar-refractivity contribution < 1.29 is 14.6 Å². The number of nitrogen functional groups attached to an aromatic ring is 1. The molecule has 3 atom stereocenters. The Bertz CT molecular complexity index is 1430. The van der Waals surface area contributed by atoms with Crippen LogP contribution in [-0.2, 0) is 6.42 Å². The number of benzene rings is 1. The van der Waals surface area contributed by atoms with Crippen molar-refractivity contribution in [3.8, 4) is 0 Å². The van der Waals surface area contributed by atoms with Gasteiger partial charge in [-0.05, 0) is 54.2 Å². The van der Waals surface area contributed by atoms with Crippen molar-refractivity contribution in [2.45, 2.75) is 50.9 Å². The lowest BCUT2D eigenvalue weighted by Crippen LogP contribution is -2.29. The van der Waals surface area contributed by atoms with Gasteiger partial charge >= 0.3 is 0 Å². The van der Waals surface area contributed by atoms with Gasteiger partial charge in [0.1, 0.15) is 35.8 Å². The van der Waals surface area contributed by atoms with Crippen LogP contribution >= 0.6 is 11.6 Å². The second-order valence-electron chi connectivity index (χ2n) is 9.04. The van der Waals surface area contributed by atoms with Crippen molar-refractivity contribution in [2.75, 3.05) is 5.73 Å². The van der Waals surface area contributed by atoms with Crippen LogP contribution in [-0.4, -0.2) is 41.9 Å².